The van der Waals surface area contributed by atoms with Crippen LogP contribution in [0.15, 0.2) is 64.3 Å². The van der Waals surface area contributed by atoms with Crippen LogP contribution in [0.25, 0.3) is 0 Å². The molecule has 38 heavy (non-hydrogen) atoms. The molecule has 0 aliphatic carbocycles. The molecule has 0 unspecified atom stereocenters. The Hall–Kier alpha value is -3.53. The third-order valence-corrected chi connectivity index (χ3v) is 7.60. The normalized spacial score (nSPS) is 20.8. The van der Waals surface area contributed by atoms with E-state index in [1.807, 2.05) is 34.6 Å². The molecule has 202 valence electrons. The van der Waals surface area contributed by atoms with Gasteiger partial charge in [-0.25, -0.2) is 9.79 Å². The first kappa shape index (κ1) is 27.5. The van der Waals surface area contributed by atoms with E-state index in [1.54, 1.807) is 25.9 Å². The van der Waals surface area contributed by atoms with E-state index in [4.69, 9.17) is 14.2 Å². The third-order valence-electron chi connectivity index (χ3n) is 6.71. The summed E-state index contributed by atoms with van der Waals surface area (Å²) >= 11 is 1.42. The summed E-state index contributed by atoms with van der Waals surface area (Å²) in [5.74, 6) is -0.438. The number of allylic oxidation sites excluding steroid dienone is 1. The molecule has 1 aromatic rings. The molecule has 3 heterocycles. The number of hydrogen-bond acceptors (Lipinski definition) is 9. The smallest absolute Gasteiger partial charge is 0.338 e. The van der Waals surface area contributed by atoms with Gasteiger partial charge >= 0.3 is 11.9 Å². The number of carbonyl (C=O) groups is 3. The number of nitrogens with zero attached hydrogens (tertiary/aromatic N) is 3. The summed E-state index contributed by atoms with van der Waals surface area (Å²) in [6, 6.07) is 6.94. The van der Waals surface area contributed by atoms with Gasteiger partial charge in [-0.3, -0.25) is 9.59 Å². The number of hydrogen-bond donors (Lipinski definition) is 0. The standard InChI is InChI=1S/C28H33N3O6S/c1-5-14-37-27(34)24-18(3)29-28-31(25(24)19-9-11-22(35-4)12-10-19)21(17-38-28)15-23(32)30-13-7-8-20(16-30)26(33)36-6-2/h5,9-12,17,20,25H,1,6-8,13-16H2,2-4H3/t20-,25-/m1/s1. The molecule has 4 rings (SSSR count). The lowest BCUT2D eigenvalue weighted by Crippen LogP contribution is -2.44. The highest BCUT2D eigenvalue weighted by atomic mass is 32.2. The number of amides is 1. The molecule has 1 saturated heterocycles. The second kappa shape index (κ2) is 12.3. The predicted molar refractivity (Wildman–Crippen MR) is 145 cm³/mol. The fourth-order valence-corrected chi connectivity index (χ4v) is 5.83. The van der Waals surface area contributed by atoms with Crippen LogP contribution in [0.4, 0.5) is 0 Å². The van der Waals surface area contributed by atoms with E-state index >= 15 is 0 Å². The first-order valence-corrected chi connectivity index (χ1v) is 13.6. The van der Waals surface area contributed by atoms with E-state index in [0.717, 1.165) is 17.7 Å². The number of aliphatic imine (C=N–C) groups is 1. The van der Waals surface area contributed by atoms with Crippen LogP contribution < -0.4 is 4.74 Å². The van der Waals surface area contributed by atoms with Crippen molar-refractivity contribution in [3.63, 3.8) is 0 Å². The Morgan fingerprint density at radius 3 is 2.66 bits per heavy atom. The zero-order valence-electron chi connectivity index (χ0n) is 22.0. The number of methoxy groups -OCH3 is 1. The minimum absolute atomic E-state index is 0.0774. The van der Waals surface area contributed by atoms with Crippen LogP contribution in [0.3, 0.4) is 0 Å². The number of esters is 2. The van der Waals surface area contributed by atoms with E-state index in [2.05, 4.69) is 11.6 Å². The number of ether oxygens (including phenoxy) is 3. The minimum atomic E-state index is -0.534. The number of carbonyl (C=O) groups excluding carboxylic acids is 3. The summed E-state index contributed by atoms with van der Waals surface area (Å²) < 4.78 is 15.9. The molecule has 3 aliphatic heterocycles. The molecule has 0 saturated carbocycles. The summed E-state index contributed by atoms with van der Waals surface area (Å²) in [5, 5.41) is 2.60. The second-order valence-corrected chi connectivity index (χ2v) is 10.00. The largest absolute Gasteiger partial charge is 0.497 e. The molecule has 2 atom stereocenters. The third kappa shape index (κ3) is 5.80. The molecule has 3 aliphatic rings. The van der Waals surface area contributed by atoms with Crippen molar-refractivity contribution in [3.8, 4) is 5.75 Å². The van der Waals surface area contributed by atoms with E-state index in [9.17, 15) is 14.4 Å². The zero-order chi connectivity index (χ0) is 27.2. The molecule has 0 spiro atoms. The number of thioether (sulfide) groups is 1. The van der Waals surface area contributed by atoms with E-state index < -0.39 is 12.0 Å². The van der Waals surface area contributed by atoms with Crippen LogP contribution in [-0.2, 0) is 23.9 Å². The Labute approximate surface area is 227 Å². The highest BCUT2D eigenvalue weighted by Crippen LogP contribution is 2.45. The number of rotatable bonds is 9. The van der Waals surface area contributed by atoms with Crippen molar-refractivity contribution in [3.05, 3.63) is 64.9 Å². The van der Waals surface area contributed by atoms with Crippen LogP contribution in [0, 0.1) is 5.92 Å². The Balaban J connectivity index is 1.61. The summed E-state index contributed by atoms with van der Waals surface area (Å²) in [5.41, 5.74) is 2.54. The van der Waals surface area contributed by atoms with Gasteiger partial charge in [0.2, 0.25) is 5.91 Å². The number of likely N-dealkylation sites (tertiary alicyclic amines) is 1. The van der Waals surface area contributed by atoms with Gasteiger partial charge in [0.25, 0.3) is 0 Å². The molecular weight excluding hydrogens is 506 g/mol. The summed E-state index contributed by atoms with van der Waals surface area (Å²) in [6.45, 7) is 8.54. The van der Waals surface area contributed by atoms with Gasteiger partial charge in [-0.05, 0) is 49.8 Å². The van der Waals surface area contributed by atoms with E-state index in [0.29, 0.717) is 48.3 Å². The maximum Gasteiger partial charge on any atom is 0.338 e. The lowest BCUT2D eigenvalue weighted by atomic mass is 9.93. The van der Waals surface area contributed by atoms with Crippen LogP contribution in [0.1, 0.15) is 44.7 Å². The number of amidine groups is 1. The van der Waals surface area contributed by atoms with Gasteiger partial charge < -0.3 is 24.0 Å². The fraction of sp³-hybridized carbons (Fsp3) is 0.429. The highest BCUT2D eigenvalue weighted by molar-refractivity contribution is 8.16. The van der Waals surface area contributed by atoms with Gasteiger partial charge in [0.05, 0.1) is 43.4 Å². The molecule has 0 N–H and O–H groups in total. The topological polar surface area (TPSA) is 97.7 Å². The van der Waals surface area contributed by atoms with Crippen LogP contribution in [0.2, 0.25) is 0 Å². The average Bonchev–Trinajstić information content (AvgIpc) is 3.32. The van der Waals surface area contributed by atoms with Crippen molar-refractivity contribution in [1.29, 1.82) is 0 Å². The molecule has 1 fully saturated rings. The average molecular weight is 540 g/mol. The minimum Gasteiger partial charge on any atom is -0.497 e. The van der Waals surface area contributed by atoms with Crippen molar-refractivity contribution in [1.82, 2.24) is 9.80 Å². The Morgan fingerprint density at radius 2 is 1.97 bits per heavy atom. The van der Waals surface area contributed by atoms with Gasteiger partial charge in [0.1, 0.15) is 12.4 Å². The quantitative estimate of drug-likeness (QED) is 0.340. The summed E-state index contributed by atoms with van der Waals surface area (Å²) in [7, 11) is 1.60. The molecule has 9 nitrogen and oxygen atoms in total. The van der Waals surface area contributed by atoms with Crippen molar-refractivity contribution in [2.24, 2.45) is 10.9 Å². The SMILES string of the molecule is C=CCOC(=O)C1=C(C)N=C2SC=C(CC(=O)N3CCC[C@@H](C(=O)OCC)C3)N2[C@@H]1c1ccc(OC)cc1. The van der Waals surface area contributed by atoms with E-state index in [1.165, 1.54) is 17.8 Å². The van der Waals surface area contributed by atoms with Crippen LogP contribution >= 0.6 is 11.8 Å². The van der Waals surface area contributed by atoms with Gasteiger partial charge in [-0.1, -0.05) is 36.5 Å². The summed E-state index contributed by atoms with van der Waals surface area (Å²) in [6.07, 6.45) is 3.09. The van der Waals surface area contributed by atoms with Gasteiger partial charge in [-0.2, -0.15) is 0 Å². The highest BCUT2D eigenvalue weighted by Gasteiger charge is 2.41. The van der Waals surface area contributed by atoms with Gasteiger partial charge in [-0.15, -0.1) is 0 Å². The van der Waals surface area contributed by atoms with Crippen LogP contribution in [-0.4, -0.2) is 66.2 Å². The molecule has 1 aromatic carbocycles. The molecule has 1 amide bonds. The molecule has 0 radical (unpaired) electrons. The number of piperidine rings is 1. The molecule has 10 heteroatoms. The first-order valence-electron chi connectivity index (χ1n) is 12.7. The molecule has 0 bridgehead atoms. The number of fused-ring (bicyclic) bond motifs is 1. The lowest BCUT2D eigenvalue weighted by molar-refractivity contribution is -0.151. The fourth-order valence-electron chi connectivity index (χ4n) is 4.87. The lowest BCUT2D eigenvalue weighted by Gasteiger charge is -2.37. The van der Waals surface area contributed by atoms with Crippen molar-refractivity contribution < 1.29 is 28.6 Å². The Morgan fingerprint density at radius 1 is 1.21 bits per heavy atom. The van der Waals surface area contributed by atoms with Crippen molar-refractivity contribution in [2.75, 3.05) is 33.4 Å². The summed E-state index contributed by atoms with van der Waals surface area (Å²) in [4.78, 5) is 47.3. The maximum atomic E-state index is 13.4. The molecular formula is C28H33N3O6S. The second-order valence-electron chi connectivity index (χ2n) is 9.16. The van der Waals surface area contributed by atoms with E-state index in [-0.39, 0.29) is 30.8 Å². The number of benzene rings is 1. The first-order chi connectivity index (χ1) is 18.4. The van der Waals surface area contributed by atoms with Gasteiger partial charge in [0.15, 0.2) is 5.17 Å². The monoisotopic (exact) mass is 539 g/mol. The van der Waals surface area contributed by atoms with Crippen LogP contribution in [0.5, 0.6) is 5.75 Å². The zero-order valence-corrected chi connectivity index (χ0v) is 22.8. The van der Waals surface area contributed by atoms with Crippen molar-refractivity contribution in [2.45, 2.75) is 39.2 Å². The predicted octanol–water partition coefficient (Wildman–Crippen LogP) is 4.19. The van der Waals surface area contributed by atoms with Gasteiger partial charge in [0, 0.05) is 18.8 Å². The molecule has 0 aromatic heterocycles. The Kier molecular flexibility index (Phi) is 8.93. The van der Waals surface area contributed by atoms with Crippen molar-refractivity contribution >= 4 is 34.8 Å². The Bertz CT molecular complexity index is 1190. The maximum absolute atomic E-state index is 13.4.